The van der Waals surface area contributed by atoms with Crippen molar-refractivity contribution in [3.8, 4) is 11.1 Å². The van der Waals surface area contributed by atoms with Gasteiger partial charge in [-0.05, 0) is 107 Å². The van der Waals surface area contributed by atoms with Crippen molar-refractivity contribution < 1.29 is 38.2 Å². The Hall–Kier alpha value is -9.11. The van der Waals surface area contributed by atoms with Crippen LogP contribution in [0.2, 0.25) is 0 Å². The third-order valence-corrected chi connectivity index (χ3v) is 19.2. The lowest BCUT2D eigenvalue weighted by Crippen LogP contribution is -2.50. The SMILES string of the molecule is Cc1ccc(C(NCCCC[C@H](NC(=O)OCC2c3ccccc3-c3ccccc32)C(=O)C[C@@H](CSC(c2ccccc2)(c2ccccc2)c2ccccc2)C(=O)N2CCCC2C(=O)OCC(=O)N[C@H](C(N)=O)C(C)C)(c2ccccc2)c2ccccc2)cc1. The molecule has 0 bridgehead atoms. The number of nitrogens with one attached hydrogen (secondary N) is 3. The highest BCUT2D eigenvalue weighted by Crippen LogP contribution is 2.50. The molecule has 13 nitrogen and oxygen atoms in total. The molecule has 4 amide bonds. The minimum Gasteiger partial charge on any atom is -0.454 e. The average Bonchev–Trinajstić information content (AvgIpc) is 1.13. The van der Waals surface area contributed by atoms with E-state index in [1.165, 1.54) is 16.7 Å². The number of nitrogens with zero attached hydrogens (tertiary/aromatic N) is 1. The summed E-state index contributed by atoms with van der Waals surface area (Å²) in [5.41, 5.74) is 16.3. The van der Waals surface area contributed by atoms with Crippen LogP contribution in [0.4, 0.5) is 4.79 Å². The van der Waals surface area contributed by atoms with E-state index in [4.69, 9.17) is 15.2 Å². The molecule has 1 saturated heterocycles. The Balaban J connectivity index is 0.959. The zero-order valence-corrected chi connectivity index (χ0v) is 52.1. The number of likely N-dealkylation sites (tertiary alicyclic amines) is 1. The van der Waals surface area contributed by atoms with Crippen molar-refractivity contribution in [3.05, 3.63) is 275 Å². The average molecular weight is 1220 g/mol. The van der Waals surface area contributed by atoms with E-state index in [1.807, 2.05) is 115 Å². The van der Waals surface area contributed by atoms with Gasteiger partial charge in [0.05, 0.1) is 22.2 Å². The number of ether oxygens (including phenoxy) is 2. The normalized spacial score (nSPS) is 14.8. The van der Waals surface area contributed by atoms with Crippen LogP contribution in [0.15, 0.2) is 224 Å². The number of hydrogen-bond acceptors (Lipinski definition) is 10. The molecular weight excluding hydrogens is 1140 g/mol. The third-order valence-electron chi connectivity index (χ3n) is 17.5. The molecule has 5 N–H and O–H groups in total. The Morgan fingerprint density at radius 2 is 1.09 bits per heavy atom. The van der Waals surface area contributed by atoms with E-state index in [2.05, 4.69) is 132 Å². The first-order chi connectivity index (χ1) is 43.8. The molecule has 1 heterocycles. The maximum absolute atomic E-state index is 15.7. The third kappa shape index (κ3) is 14.5. The molecule has 90 heavy (non-hydrogen) atoms. The molecule has 2 aliphatic rings. The summed E-state index contributed by atoms with van der Waals surface area (Å²) in [6.45, 7) is 5.61. The van der Waals surface area contributed by atoms with Gasteiger partial charge in [0, 0.05) is 24.6 Å². The maximum atomic E-state index is 15.7. The number of aryl methyl sites for hydroxylation is 1. The van der Waals surface area contributed by atoms with Crippen molar-refractivity contribution in [2.45, 2.75) is 93.6 Å². The van der Waals surface area contributed by atoms with E-state index >= 15 is 9.59 Å². The molecule has 8 aromatic carbocycles. The molecule has 0 radical (unpaired) electrons. The van der Waals surface area contributed by atoms with Gasteiger partial charge in [0.25, 0.3) is 5.91 Å². The van der Waals surface area contributed by atoms with E-state index in [0.717, 1.165) is 61.2 Å². The Morgan fingerprint density at radius 1 is 0.600 bits per heavy atom. The summed E-state index contributed by atoms with van der Waals surface area (Å²) in [6.07, 6.45) is 1.00. The van der Waals surface area contributed by atoms with Crippen LogP contribution in [-0.4, -0.2) is 90.6 Å². The van der Waals surface area contributed by atoms with Gasteiger partial charge in [-0.15, -0.1) is 11.8 Å². The summed E-state index contributed by atoms with van der Waals surface area (Å²) in [4.78, 5) is 86.7. The molecule has 0 spiro atoms. The molecule has 14 heteroatoms. The number of benzene rings is 8. The predicted octanol–water partition coefficient (Wildman–Crippen LogP) is 12.4. The minimum absolute atomic E-state index is 0.0284. The Labute approximate surface area is 532 Å². The molecule has 1 aliphatic carbocycles. The predicted molar refractivity (Wildman–Crippen MR) is 354 cm³/mol. The van der Waals surface area contributed by atoms with Crippen LogP contribution in [-0.2, 0) is 43.7 Å². The number of amides is 4. The van der Waals surface area contributed by atoms with Crippen LogP contribution in [0.25, 0.3) is 11.1 Å². The molecule has 0 saturated carbocycles. The highest BCUT2D eigenvalue weighted by molar-refractivity contribution is 8.00. The van der Waals surface area contributed by atoms with Crippen LogP contribution in [0.1, 0.15) is 108 Å². The number of Topliss-reactive ketones (excluding diaryl/α,β-unsaturated/α-hetero) is 1. The molecule has 1 unspecified atom stereocenters. The first-order valence-electron chi connectivity index (χ1n) is 31.2. The number of carbonyl (C=O) groups excluding carboxylic acids is 6. The zero-order chi connectivity index (χ0) is 63.0. The number of fused-ring (bicyclic) bond motifs is 3. The van der Waals surface area contributed by atoms with Crippen LogP contribution < -0.4 is 21.7 Å². The maximum Gasteiger partial charge on any atom is 0.407 e. The van der Waals surface area contributed by atoms with Gasteiger partial charge in [-0.2, -0.15) is 0 Å². The molecule has 1 fully saturated rings. The van der Waals surface area contributed by atoms with Crippen LogP contribution in [0.5, 0.6) is 0 Å². The largest absolute Gasteiger partial charge is 0.454 e. The molecule has 462 valence electrons. The molecular formula is C76H79N5O8S. The van der Waals surface area contributed by atoms with Gasteiger partial charge in [-0.3, -0.25) is 24.5 Å². The summed E-state index contributed by atoms with van der Waals surface area (Å²) < 4.78 is 10.8. The number of alkyl carbamates (subject to hydrolysis) is 1. The van der Waals surface area contributed by atoms with Crippen molar-refractivity contribution in [1.29, 1.82) is 0 Å². The van der Waals surface area contributed by atoms with Crippen LogP contribution in [0.3, 0.4) is 0 Å². The van der Waals surface area contributed by atoms with Gasteiger partial charge in [0.2, 0.25) is 11.8 Å². The summed E-state index contributed by atoms with van der Waals surface area (Å²) >= 11 is 1.53. The topological polar surface area (TPSA) is 186 Å². The van der Waals surface area contributed by atoms with E-state index in [9.17, 15) is 19.2 Å². The second-order valence-electron chi connectivity index (χ2n) is 23.7. The highest BCUT2D eigenvalue weighted by Gasteiger charge is 2.44. The van der Waals surface area contributed by atoms with Crippen LogP contribution >= 0.6 is 11.8 Å². The van der Waals surface area contributed by atoms with E-state index < -0.39 is 70.7 Å². The summed E-state index contributed by atoms with van der Waals surface area (Å²) in [7, 11) is 0. The lowest BCUT2D eigenvalue weighted by atomic mass is 9.76. The standard InChI is InChI=1S/C76H79N5O8S/c1-52(2)70(71(77)84)80-69(83)50-88-73(86)67-41-25-47-81(67)72(85)54(51-90-76(58-30-13-6-14-31-58,59-32-15-7-16-33-59)60-34-17-8-18-35-60)48-68(82)66(79-74(87)89-49-65-63-38-21-19-36-61(63)62-37-20-22-39-64(62)65)40-23-24-46-78-75(55-26-9-4-10-27-55,56-28-11-5-12-29-56)57-44-42-53(3)43-45-57/h4-22,26-39,42-45,52,54,65-67,70,78H,23-25,40-41,46-51H2,1-3H3,(H2,77,84)(H,79,87)(H,80,83)/t54-,66-,67?,70-/m0/s1. The van der Waals surface area contributed by atoms with Crippen molar-refractivity contribution in [2.75, 3.05) is 32.1 Å². The first kappa shape index (κ1) is 63.9. The Morgan fingerprint density at radius 3 is 1.60 bits per heavy atom. The smallest absolute Gasteiger partial charge is 0.407 e. The second-order valence-corrected chi connectivity index (χ2v) is 25.0. The van der Waals surface area contributed by atoms with Crippen LogP contribution in [0, 0.1) is 18.8 Å². The van der Waals surface area contributed by atoms with Gasteiger partial charge < -0.3 is 30.7 Å². The van der Waals surface area contributed by atoms with Crippen molar-refractivity contribution in [1.82, 2.24) is 20.9 Å². The molecule has 8 aromatic rings. The lowest BCUT2D eigenvalue weighted by Gasteiger charge is -2.37. The van der Waals surface area contributed by atoms with Crippen molar-refractivity contribution >= 4 is 47.3 Å². The van der Waals surface area contributed by atoms with Gasteiger partial charge in [-0.1, -0.05) is 244 Å². The number of primary amides is 1. The van der Waals surface area contributed by atoms with Crippen molar-refractivity contribution in [2.24, 2.45) is 17.6 Å². The number of ketones is 1. The summed E-state index contributed by atoms with van der Waals surface area (Å²) in [5.74, 6) is -4.48. The number of nitrogens with two attached hydrogens (primary N) is 1. The fourth-order valence-corrected chi connectivity index (χ4v) is 14.6. The van der Waals surface area contributed by atoms with E-state index in [1.54, 1.807) is 13.8 Å². The molecule has 4 atom stereocenters. The summed E-state index contributed by atoms with van der Waals surface area (Å²) in [6, 6.07) is 72.6. The fourth-order valence-electron chi connectivity index (χ4n) is 13.0. The fraction of sp³-hybridized carbons (Fsp3) is 0.289. The van der Waals surface area contributed by atoms with Gasteiger partial charge in [0.15, 0.2) is 12.4 Å². The molecule has 0 aromatic heterocycles. The van der Waals surface area contributed by atoms with Gasteiger partial charge in [-0.25, -0.2) is 9.59 Å². The Bertz CT molecular complexity index is 3540. The van der Waals surface area contributed by atoms with Gasteiger partial charge in [0.1, 0.15) is 18.7 Å². The van der Waals surface area contributed by atoms with Crippen molar-refractivity contribution in [3.63, 3.8) is 0 Å². The molecule has 1 aliphatic heterocycles. The number of thioether (sulfide) groups is 1. The number of hydrogen-bond donors (Lipinski definition) is 4. The number of unbranched alkanes of at least 4 members (excludes halogenated alkanes) is 1. The van der Waals surface area contributed by atoms with E-state index in [-0.39, 0.29) is 55.8 Å². The highest BCUT2D eigenvalue weighted by atomic mass is 32.2. The quantitative estimate of drug-likeness (QED) is 0.0209. The second kappa shape index (κ2) is 29.9. The number of rotatable bonds is 28. The van der Waals surface area contributed by atoms with Gasteiger partial charge >= 0.3 is 12.1 Å². The Kier molecular flexibility index (Phi) is 21.2. The minimum atomic E-state index is -1.08. The lowest BCUT2D eigenvalue weighted by molar-refractivity contribution is -0.157. The number of carbonyl (C=O) groups is 6. The summed E-state index contributed by atoms with van der Waals surface area (Å²) in [5, 5.41) is 9.56. The molecule has 10 rings (SSSR count). The monoisotopic (exact) mass is 1220 g/mol. The first-order valence-corrected chi connectivity index (χ1v) is 32.2. The van der Waals surface area contributed by atoms with E-state index in [0.29, 0.717) is 25.8 Å². The zero-order valence-electron chi connectivity index (χ0n) is 51.3. The number of esters is 1.